The van der Waals surface area contributed by atoms with Crippen LogP contribution >= 0.6 is 0 Å². The van der Waals surface area contributed by atoms with Gasteiger partial charge in [0.25, 0.3) is 0 Å². The van der Waals surface area contributed by atoms with E-state index in [-0.39, 0.29) is 23.6 Å². The van der Waals surface area contributed by atoms with Crippen molar-refractivity contribution < 1.29 is 35.5 Å². The summed E-state index contributed by atoms with van der Waals surface area (Å²) in [5.74, 6) is -0.735. The Morgan fingerprint density at radius 1 is 0.833 bits per heavy atom. The van der Waals surface area contributed by atoms with Crippen molar-refractivity contribution in [3.63, 3.8) is 0 Å². The van der Waals surface area contributed by atoms with E-state index >= 15 is 0 Å². The number of halogens is 7. The summed E-state index contributed by atoms with van der Waals surface area (Å²) in [7, 11) is 0. The molecule has 10 heteroatoms. The number of hydrogen-bond acceptors (Lipinski definition) is 3. The van der Waals surface area contributed by atoms with Crippen molar-refractivity contribution in [2.45, 2.75) is 18.9 Å². The largest absolute Gasteiger partial charge is 0.457 e. The number of nitrogens with zero attached hydrogens (tertiary/aromatic N) is 1. The Labute approximate surface area is 166 Å². The van der Waals surface area contributed by atoms with Crippen molar-refractivity contribution >= 4 is 5.69 Å². The lowest BCUT2D eigenvalue weighted by atomic mass is 10.1. The average molecular weight is 430 g/mol. The van der Waals surface area contributed by atoms with Gasteiger partial charge < -0.3 is 10.1 Å². The zero-order chi connectivity index (χ0) is 21.9. The first kappa shape index (κ1) is 21.4. The lowest BCUT2D eigenvalue weighted by Gasteiger charge is -2.13. The Bertz CT molecular complexity index is 1030. The zero-order valence-corrected chi connectivity index (χ0v) is 15.0. The first-order valence-electron chi connectivity index (χ1n) is 8.43. The minimum absolute atomic E-state index is 0.0987. The Kier molecular flexibility index (Phi) is 5.86. The van der Waals surface area contributed by atoms with Crippen LogP contribution in [0, 0.1) is 5.82 Å². The number of alkyl halides is 6. The van der Waals surface area contributed by atoms with Gasteiger partial charge in [0.1, 0.15) is 23.0 Å². The Balaban J connectivity index is 1.73. The van der Waals surface area contributed by atoms with Crippen LogP contribution < -0.4 is 10.1 Å². The van der Waals surface area contributed by atoms with Gasteiger partial charge in [0.15, 0.2) is 0 Å². The summed E-state index contributed by atoms with van der Waals surface area (Å²) in [6.45, 7) is -0.243. The van der Waals surface area contributed by atoms with Gasteiger partial charge in [-0.2, -0.15) is 26.3 Å². The summed E-state index contributed by atoms with van der Waals surface area (Å²) in [5.41, 5.74) is -1.92. The molecule has 2 aromatic carbocycles. The van der Waals surface area contributed by atoms with Crippen LogP contribution in [0.15, 0.2) is 60.8 Å². The van der Waals surface area contributed by atoms with Crippen molar-refractivity contribution in [1.29, 1.82) is 0 Å². The highest BCUT2D eigenvalue weighted by Gasteiger charge is 2.33. The number of rotatable bonds is 5. The van der Waals surface area contributed by atoms with Gasteiger partial charge in [0.05, 0.1) is 5.56 Å². The maximum Gasteiger partial charge on any atom is 0.433 e. The predicted molar refractivity (Wildman–Crippen MR) is 94.5 cm³/mol. The SMILES string of the molecule is Fc1ccc(C(F)(F)F)cc1CNc1cccc(Oc2ccnc(C(F)(F)F)c2)c1. The molecule has 0 aliphatic rings. The van der Waals surface area contributed by atoms with E-state index < -0.39 is 29.4 Å². The van der Waals surface area contributed by atoms with Crippen LogP contribution in [-0.4, -0.2) is 4.98 Å². The Hall–Kier alpha value is -3.30. The molecule has 0 aliphatic heterocycles. The molecule has 1 heterocycles. The summed E-state index contributed by atoms with van der Waals surface area (Å²) in [6.07, 6.45) is -8.27. The highest BCUT2D eigenvalue weighted by atomic mass is 19.4. The molecule has 3 nitrogen and oxygen atoms in total. The minimum Gasteiger partial charge on any atom is -0.457 e. The fourth-order valence-electron chi connectivity index (χ4n) is 2.52. The van der Waals surface area contributed by atoms with E-state index in [0.29, 0.717) is 17.8 Å². The molecule has 30 heavy (non-hydrogen) atoms. The van der Waals surface area contributed by atoms with Gasteiger partial charge >= 0.3 is 12.4 Å². The zero-order valence-electron chi connectivity index (χ0n) is 15.0. The highest BCUT2D eigenvalue weighted by molar-refractivity contribution is 5.49. The van der Waals surface area contributed by atoms with E-state index in [9.17, 15) is 30.7 Å². The molecule has 0 spiro atoms. The third kappa shape index (κ3) is 5.40. The summed E-state index contributed by atoms with van der Waals surface area (Å²) >= 11 is 0. The highest BCUT2D eigenvalue weighted by Crippen LogP contribution is 2.32. The van der Waals surface area contributed by atoms with Gasteiger partial charge in [0.2, 0.25) is 0 Å². The molecule has 1 N–H and O–H groups in total. The number of pyridine rings is 1. The summed E-state index contributed by atoms with van der Waals surface area (Å²) < 4.78 is 95.8. The van der Waals surface area contributed by atoms with Crippen LogP contribution in [-0.2, 0) is 18.9 Å². The predicted octanol–water partition coefficient (Wildman–Crippen LogP) is 6.66. The van der Waals surface area contributed by atoms with Crippen LogP contribution in [0.2, 0.25) is 0 Å². The summed E-state index contributed by atoms with van der Waals surface area (Å²) in [4.78, 5) is 3.23. The van der Waals surface area contributed by atoms with Crippen molar-refractivity contribution in [1.82, 2.24) is 4.98 Å². The molecule has 0 bridgehead atoms. The minimum atomic E-state index is -4.63. The quantitative estimate of drug-likeness (QED) is 0.460. The van der Waals surface area contributed by atoms with E-state index in [1.54, 1.807) is 6.07 Å². The molecule has 0 fully saturated rings. The topological polar surface area (TPSA) is 34.1 Å². The van der Waals surface area contributed by atoms with Gasteiger partial charge in [0, 0.05) is 36.1 Å². The molecule has 1 aromatic heterocycles. The Morgan fingerprint density at radius 2 is 1.57 bits per heavy atom. The second-order valence-corrected chi connectivity index (χ2v) is 6.16. The van der Waals surface area contributed by atoms with Gasteiger partial charge in [-0.3, -0.25) is 4.98 Å². The molecule has 0 unspecified atom stereocenters. The maximum absolute atomic E-state index is 13.8. The van der Waals surface area contributed by atoms with Gasteiger partial charge in [-0.15, -0.1) is 0 Å². The third-order valence-corrected chi connectivity index (χ3v) is 3.95. The smallest absolute Gasteiger partial charge is 0.433 e. The lowest BCUT2D eigenvalue weighted by molar-refractivity contribution is -0.141. The Morgan fingerprint density at radius 3 is 2.27 bits per heavy atom. The van der Waals surface area contributed by atoms with Crippen LogP contribution in [0.4, 0.5) is 36.4 Å². The molecule has 0 aliphatic carbocycles. The number of ether oxygens (including phenoxy) is 1. The van der Waals surface area contributed by atoms with E-state index in [2.05, 4.69) is 10.3 Å². The van der Waals surface area contributed by atoms with Crippen LogP contribution in [0.1, 0.15) is 16.8 Å². The van der Waals surface area contributed by atoms with E-state index in [0.717, 1.165) is 18.3 Å². The fraction of sp³-hybridized carbons (Fsp3) is 0.150. The molecule has 0 saturated heterocycles. The number of anilines is 1. The van der Waals surface area contributed by atoms with Gasteiger partial charge in [-0.05, 0) is 36.4 Å². The van der Waals surface area contributed by atoms with Crippen LogP contribution in [0.3, 0.4) is 0 Å². The normalized spacial score (nSPS) is 12.0. The first-order valence-corrected chi connectivity index (χ1v) is 8.43. The molecule has 0 amide bonds. The van der Waals surface area contributed by atoms with Crippen molar-refractivity contribution in [3.05, 3.63) is 83.4 Å². The molecule has 0 radical (unpaired) electrons. The first-order chi connectivity index (χ1) is 14.0. The third-order valence-electron chi connectivity index (χ3n) is 3.95. The molecule has 0 saturated carbocycles. The molecule has 0 atom stereocenters. The van der Waals surface area contributed by atoms with Gasteiger partial charge in [-0.1, -0.05) is 6.07 Å². The fourth-order valence-corrected chi connectivity index (χ4v) is 2.52. The summed E-state index contributed by atoms with van der Waals surface area (Å²) in [6, 6.07) is 10.0. The van der Waals surface area contributed by atoms with Gasteiger partial charge in [-0.25, -0.2) is 4.39 Å². The second kappa shape index (κ2) is 8.21. The summed E-state index contributed by atoms with van der Waals surface area (Å²) in [5, 5.41) is 2.76. The van der Waals surface area contributed by atoms with E-state index in [1.165, 1.54) is 24.3 Å². The second-order valence-electron chi connectivity index (χ2n) is 6.16. The maximum atomic E-state index is 13.8. The van der Waals surface area contributed by atoms with Crippen LogP contribution in [0.5, 0.6) is 11.5 Å². The number of nitrogens with one attached hydrogen (secondary N) is 1. The van der Waals surface area contributed by atoms with Crippen LogP contribution in [0.25, 0.3) is 0 Å². The van der Waals surface area contributed by atoms with E-state index in [1.807, 2.05) is 0 Å². The number of aromatic nitrogens is 1. The number of hydrogen-bond donors (Lipinski definition) is 1. The number of benzene rings is 2. The van der Waals surface area contributed by atoms with Crippen molar-refractivity contribution in [3.8, 4) is 11.5 Å². The standard InChI is InChI=1S/C20H13F7N2O/c21-17-5-4-13(19(22,23)24)8-12(17)11-29-14-2-1-3-15(9-14)30-16-6-7-28-18(10-16)20(25,26)27/h1-10,29H,11H2. The average Bonchev–Trinajstić information content (AvgIpc) is 2.66. The van der Waals surface area contributed by atoms with Crippen molar-refractivity contribution in [2.24, 2.45) is 0 Å². The monoisotopic (exact) mass is 430 g/mol. The molecular weight excluding hydrogens is 417 g/mol. The molecule has 158 valence electrons. The molecule has 3 aromatic rings. The molecular formula is C20H13F7N2O. The molecule has 3 rings (SSSR count). The van der Waals surface area contributed by atoms with Crippen molar-refractivity contribution in [2.75, 3.05) is 5.32 Å². The van der Waals surface area contributed by atoms with E-state index in [4.69, 9.17) is 4.74 Å². The lowest BCUT2D eigenvalue weighted by Crippen LogP contribution is -2.08.